The number of anilines is 2. The number of benzene rings is 2. The molecule has 1 aliphatic heterocycles. The Morgan fingerprint density at radius 1 is 1.15 bits per heavy atom. The van der Waals surface area contributed by atoms with Gasteiger partial charge in [-0.15, -0.1) is 0 Å². The molecule has 0 spiro atoms. The summed E-state index contributed by atoms with van der Waals surface area (Å²) in [7, 11) is 0. The van der Waals surface area contributed by atoms with Crippen LogP contribution in [0.3, 0.4) is 0 Å². The Morgan fingerprint density at radius 3 is 2.47 bits per heavy atom. The van der Waals surface area contributed by atoms with Crippen molar-refractivity contribution in [1.29, 1.82) is 5.26 Å². The third kappa shape index (κ3) is 4.50. The summed E-state index contributed by atoms with van der Waals surface area (Å²) >= 11 is 0. The number of nitrogens with zero attached hydrogens (tertiary/aromatic N) is 4. The standard InChI is InChI=1S/C26H23N5O3/c1-3-34-23(32)16-28-25-21(15-27)20(18-10-6-4-7-11-18)14-22(29-25)24-17(2)30-31(26(24)33)19-12-8-5-9-13-19/h4-14,24H,3,16H2,1-2H3,(H,28,29). The van der Waals surface area contributed by atoms with Crippen LogP contribution < -0.4 is 10.3 Å². The van der Waals surface area contributed by atoms with Crippen LogP contribution in [0.4, 0.5) is 11.5 Å². The molecule has 0 radical (unpaired) electrons. The van der Waals surface area contributed by atoms with Gasteiger partial charge in [0.1, 0.15) is 29.9 Å². The summed E-state index contributed by atoms with van der Waals surface area (Å²) in [6.07, 6.45) is 0. The lowest BCUT2D eigenvalue weighted by atomic mass is 9.94. The molecule has 1 N–H and O–H groups in total. The number of rotatable bonds is 7. The van der Waals surface area contributed by atoms with Crippen LogP contribution in [-0.4, -0.2) is 35.7 Å². The highest BCUT2D eigenvalue weighted by Gasteiger charge is 2.37. The molecule has 3 aromatic rings. The van der Waals surface area contributed by atoms with Crippen molar-refractivity contribution in [1.82, 2.24) is 4.98 Å². The van der Waals surface area contributed by atoms with E-state index in [9.17, 15) is 14.9 Å². The van der Waals surface area contributed by atoms with Crippen LogP contribution in [0.5, 0.6) is 0 Å². The molecule has 1 amide bonds. The molecule has 0 fully saturated rings. The monoisotopic (exact) mass is 453 g/mol. The average Bonchev–Trinajstić information content (AvgIpc) is 3.17. The summed E-state index contributed by atoms with van der Waals surface area (Å²) in [6, 6.07) is 22.5. The van der Waals surface area contributed by atoms with E-state index in [4.69, 9.17) is 4.74 Å². The van der Waals surface area contributed by atoms with E-state index in [2.05, 4.69) is 21.5 Å². The maximum Gasteiger partial charge on any atom is 0.325 e. The highest BCUT2D eigenvalue weighted by molar-refractivity contribution is 6.18. The van der Waals surface area contributed by atoms with Gasteiger partial charge in [0, 0.05) is 5.56 Å². The number of carbonyl (C=O) groups is 2. The predicted octanol–water partition coefficient (Wildman–Crippen LogP) is 4.10. The second kappa shape index (κ2) is 9.96. The number of esters is 1. The number of pyridine rings is 1. The molecule has 8 heteroatoms. The van der Waals surface area contributed by atoms with Crippen molar-refractivity contribution in [2.75, 3.05) is 23.5 Å². The van der Waals surface area contributed by atoms with Gasteiger partial charge in [-0.1, -0.05) is 48.5 Å². The summed E-state index contributed by atoms with van der Waals surface area (Å²) in [5.41, 5.74) is 3.36. The van der Waals surface area contributed by atoms with Gasteiger partial charge in [0.25, 0.3) is 5.91 Å². The van der Waals surface area contributed by atoms with Crippen molar-refractivity contribution in [2.24, 2.45) is 5.10 Å². The van der Waals surface area contributed by atoms with Crippen molar-refractivity contribution in [3.63, 3.8) is 0 Å². The fourth-order valence-corrected chi connectivity index (χ4v) is 3.83. The summed E-state index contributed by atoms with van der Waals surface area (Å²) in [6.45, 7) is 3.58. The number of ether oxygens (including phenoxy) is 1. The Labute approximate surface area is 197 Å². The quantitative estimate of drug-likeness (QED) is 0.540. The number of para-hydroxylation sites is 1. The molecular weight excluding hydrogens is 430 g/mol. The number of hydrogen-bond donors (Lipinski definition) is 1. The highest BCUT2D eigenvalue weighted by Crippen LogP contribution is 2.35. The molecular formula is C26H23N5O3. The number of nitriles is 1. The average molecular weight is 454 g/mol. The minimum Gasteiger partial charge on any atom is -0.465 e. The van der Waals surface area contributed by atoms with E-state index in [1.54, 1.807) is 19.9 Å². The van der Waals surface area contributed by atoms with Crippen LogP contribution >= 0.6 is 0 Å². The largest absolute Gasteiger partial charge is 0.465 e. The predicted molar refractivity (Wildman–Crippen MR) is 129 cm³/mol. The molecule has 2 aromatic carbocycles. The zero-order valence-electron chi connectivity index (χ0n) is 18.9. The second-order valence-corrected chi connectivity index (χ2v) is 7.61. The van der Waals surface area contributed by atoms with Crippen LogP contribution in [0.1, 0.15) is 31.0 Å². The van der Waals surface area contributed by atoms with Crippen molar-refractivity contribution < 1.29 is 14.3 Å². The SMILES string of the molecule is CCOC(=O)CNc1nc(C2C(=O)N(c3ccccc3)N=C2C)cc(-c2ccccc2)c1C#N. The summed E-state index contributed by atoms with van der Waals surface area (Å²) in [5, 5.41) is 18.7. The smallest absolute Gasteiger partial charge is 0.325 e. The van der Waals surface area contributed by atoms with Gasteiger partial charge < -0.3 is 10.1 Å². The van der Waals surface area contributed by atoms with Crippen molar-refractivity contribution >= 4 is 29.1 Å². The number of amides is 1. The number of aromatic nitrogens is 1. The molecule has 0 saturated carbocycles. The molecule has 1 aromatic heterocycles. The molecule has 1 unspecified atom stereocenters. The third-order valence-corrected chi connectivity index (χ3v) is 5.37. The molecule has 4 rings (SSSR count). The van der Waals surface area contributed by atoms with Crippen LogP contribution in [0.25, 0.3) is 11.1 Å². The molecule has 170 valence electrons. The van der Waals surface area contributed by atoms with E-state index in [1.165, 1.54) is 5.01 Å². The van der Waals surface area contributed by atoms with Crippen molar-refractivity contribution in [3.05, 3.63) is 78.0 Å². The molecule has 1 atom stereocenters. The van der Waals surface area contributed by atoms with Crippen LogP contribution in [-0.2, 0) is 14.3 Å². The number of hydrazone groups is 1. The fraction of sp³-hybridized carbons (Fsp3) is 0.192. The van der Waals surface area contributed by atoms with Gasteiger partial charge in [-0.3, -0.25) is 9.59 Å². The lowest BCUT2D eigenvalue weighted by molar-refractivity contribution is -0.140. The summed E-state index contributed by atoms with van der Waals surface area (Å²) < 4.78 is 4.99. The summed E-state index contributed by atoms with van der Waals surface area (Å²) in [5.74, 6) is -1.22. The molecule has 0 bridgehead atoms. The number of nitrogens with one attached hydrogen (secondary N) is 1. The molecule has 0 saturated heterocycles. The molecule has 1 aliphatic rings. The van der Waals surface area contributed by atoms with Crippen molar-refractivity contribution in [3.8, 4) is 17.2 Å². The first kappa shape index (κ1) is 22.7. The van der Waals surface area contributed by atoms with Crippen molar-refractivity contribution in [2.45, 2.75) is 19.8 Å². The maximum absolute atomic E-state index is 13.4. The van der Waals surface area contributed by atoms with Crippen LogP contribution in [0.2, 0.25) is 0 Å². The Hall–Kier alpha value is -4.51. The Kier molecular flexibility index (Phi) is 6.64. The lowest BCUT2D eigenvalue weighted by Crippen LogP contribution is -2.27. The van der Waals surface area contributed by atoms with E-state index in [0.717, 1.165) is 5.56 Å². The van der Waals surface area contributed by atoms with E-state index in [0.29, 0.717) is 22.7 Å². The highest BCUT2D eigenvalue weighted by atomic mass is 16.5. The molecule has 34 heavy (non-hydrogen) atoms. The lowest BCUT2D eigenvalue weighted by Gasteiger charge is -2.17. The van der Waals surface area contributed by atoms with Gasteiger partial charge in [0.2, 0.25) is 0 Å². The van der Waals surface area contributed by atoms with Gasteiger partial charge >= 0.3 is 5.97 Å². The first-order chi connectivity index (χ1) is 16.5. The maximum atomic E-state index is 13.4. The zero-order valence-corrected chi connectivity index (χ0v) is 18.9. The van der Waals surface area contributed by atoms with E-state index < -0.39 is 11.9 Å². The number of carbonyl (C=O) groups excluding carboxylic acids is 2. The minimum absolute atomic E-state index is 0.158. The van der Waals surface area contributed by atoms with Gasteiger partial charge in [-0.25, -0.2) is 4.98 Å². The van der Waals surface area contributed by atoms with E-state index in [1.807, 2.05) is 60.7 Å². The van der Waals surface area contributed by atoms with Gasteiger partial charge in [0.15, 0.2) is 0 Å². The normalized spacial score (nSPS) is 15.0. The first-order valence-corrected chi connectivity index (χ1v) is 10.9. The molecule has 0 aliphatic carbocycles. The van der Waals surface area contributed by atoms with Gasteiger partial charge in [-0.05, 0) is 37.6 Å². The molecule has 8 nitrogen and oxygen atoms in total. The fourth-order valence-electron chi connectivity index (χ4n) is 3.83. The van der Waals surface area contributed by atoms with Gasteiger partial charge in [0.05, 0.1) is 23.7 Å². The van der Waals surface area contributed by atoms with Gasteiger partial charge in [-0.2, -0.15) is 15.4 Å². The zero-order chi connectivity index (χ0) is 24.1. The number of hydrogen-bond acceptors (Lipinski definition) is 7. The van der Waals surface area contributed by atoms with E-state index in [-0.39, 0.29) is 30.4 Å². The molecule has 2 heterocycles. The van der Waals surface area contributed by atoms with Crippen LogP contribution in [0.15, 0.2) is 71.8 Å². The second-order valence-electron chi connectivity index (χ2n) is 7.61. The Bertz CT molecular complexity index is 1280. The Balaban J connectivity index is 1.79. The first-order valence-electron chi connectivity index (χ1n) is 10.9. The summed E-state index contributed by atoms with van der Waals surface area (Å²) in [4.78, 5) is 29.9. The Morgan fingerprint density at radius 2 is 1.82 bits per heavy atom. The topological polar surface area (TPSA) is 108 Å². The third-order valence-electron chi connectivity index (χ3n) is 5.37. The van der Waals surface area contributed by atoms with E-state index >= 15 is 0 Å². The minimum atomic E-state index is -0.724. The van der Waals surface area contributed by atoms with Crippen LogP contribution in [0, 0.1) is 11.3 Å².